The van der Waals surface area contributed by atoms with Gasteiger partial charge in [0.1, 0.15) is 0 Å². The molecule has 0 radical (unpaired) electrons. The van der Waals surface area contributed by atoms with Crippen molar-refractivity contribution in [1.82, 2.24) is 37.9 Å². The van der Waals surface area contributed by atoms with Crippen LogP contribution in [0.5, 0.6) is 0 Å². The van der Waals surface area contributed by atoms with E-state index < -0.39 is 0 Å². The number of benzene rings is 9. The van der Waals surface area contributed by atoms with Gasteiger partial charge in [0.25, 0.3) is 0 Å². The molecule has 0 unspecified atom stereocenters. The van der Waals surface area contributed by atoms with Gasteiger partial charge in [0.05, 0.1) is 49.7 Å². The fourth-order valence-corrected chi connectivity index (χ4v) is 10.8. The summed E-state index contributed by atoms with van der Waals surface area (Å²) in [7, 11) is 0. The van der Waals surface area contributed by atoms with Gasteiger partial charge in [0.15, 0.2) is 5.82 Å². The molecule has 9 aromatic carbocycles. The normalized spacial score (nSPS) is 12.2. The zero-order valence-electron chi connectivity index (χ0n) is 35.2. The maximum absolute atomic E-state index is 5.46. The first kappa shape index (κ1) is 35.3. The van der Waals surface area contributed by atoms with Gasteiger partial charge in [-0.15, -0.1) is 0 Å². The van der Waals surface area contributed by atoms with Crippen molar-refractivity contribution < 1.29 is 0 Å². The monoisotopic (exact) mass is 842 g/mol. The lowest BCUT2D eigenvalue weighted by Crippen LogP contribution is -2.10. The molecule has 0 aliphatic heterocycles. The quantitative estimate of drug-likeness (QED) is 0.178. The summed E-state index contributed by atoms with van der Waals surface area (Å²) < 4.78 is 9.04. The van der Waals surface area contributed by atoms with E-state index in [0.717, 1.165) is 115 Å². The molecular weight excluding hydrogens is 809 g/mol. The first-order valence-corrected chi connectivity index (χ1v) is 22.2. The molecule has 8 heteroatoms. The number of hydrogen-bond acceptors (Lipinski definition) is 4. The van der Waals surface area contributed by atoms with Crippen LogP contribution in [0, 0.1) is 0 Å². The van der Waals surface area contributed by atoms with Crippen LogP contribution in [-0.4, -0.2) is 37.9 Å². The van der Waals surface area contributed by atoms with Crippen LogP contribution in [0.1, 0.15) is 0 Å². The van der Waals surface area contributed by atoms with E-state index in [0.29, 0.717) is 17.7 Å². The zero-order chi connectivity index (χ0) is 43.0. The van der Waals surface area contributed by atoms with Gasteiger partial charge in [-0.2, -0.15) is 15.0 Å². The Balaban J connectivity index is 1.10. The summed E-state index contributed by atoms with van der Waals surface area (Å²) in [4.78, 5) is 21.7. The topological polar surface area (TPSA) is 70.2 Å². The van der Waals surface area contributed by atoms with Gasteiger partial charge in [-0.05, 0) is 76.1 Å². The predicted molar refractivity (Wildman–Crippen MR) is 270 cm³/mol. The highest BCUT2D eigenvalue weighted by atomic mass is 15.3. The summed E-state index contributed by atoms with van der Waals surface area (Å²) >= 11 is 0. The van der Waals surface area contributed by atoms with Gasteiger partial charge in [0.2, 0.25) is 17.7 Å². The maximum Gasteiger partial charge on any atom is 0.240 e. The number of rotatable bonds is 3. The average Bonchev–Trinajstić information content (AvgIpc) is 4.12. The van der Waals surface area contributed by atoms with Crippen molar-refractivity contribution in [2.24, 2.45) is 0 Å². The van der Waals surface area contributed by atoms with E-state index in [1.54, 1.807) is 0 Å². The lowest BCUT2D eigenvalue weighted by atomic mass is 9.99. The summed E-state index contributed by atoms with van der Waals surface area (Å²) in [6.07, 6.45) is 0. The molecule has 0 aliphatic rings. The van der Waals surface area contributed by atoms with E-state index in [2.05, 4.69) is 224 Å². The summed E-state index contributed by atoms with van der Waals surface area (Å²) in [5.74, 6) is 2.53. The third kappa shape index (κ3) is 4.76. The second-order valence-electron chi connectivity index (χ2n) is 17.1. The fourth-order valence-electron chi connectivity index (χ4n) is 10.8. The molecule has 0 N–H and O–H groups in total. The summed E-state index contributed by atoms with van der Waals surface area (Å²) in [5.41, 5.74) is 10.3. The Bertz CT molecular complexity index is 4370. The summed E-state index contributed by atoms with van der Waals surface area (Å²) in [6.45, 7) is 0. The Kier molecular flexibility index (Phi) is 7.07. The molecule has 6 aromatic heterocycles. The average molecular weight is 843 g/mol. The van der Waals surface area contributed by atoms with Crippen molar-refractivity contribution in [3.05, 3.63) is 206 Å². The summed E-state index contributed by atoms with van der Waals surface area (Å²) in [6, 6.07) is 73.2. The minimum atomic E-state index is 0.544. The van der Waals surface area contributed by atoms with Crippen LogP contribution in [0.25, 0.3) is 133 Å². The van der Waals surface area contributed by atoms with Crippen LogP contribution in [-0.2, 0) is 0 Å². The Morgan fingerprint density at radius 3 is 1.27 bits per heavy atom. The highest BCUT2D eigenvalue weighted by Gasteiger charge is 2.22. The smallest absolute Gasteiger partial charge is 0.240 e. The Morgan fingerprint density at radius 1 is 0.273 bits per heavy atom. The largest absolute Gasteiger partial charge is 0.278 e. The van der Waals surface area contributed by atoms with Gasteiger partial charge in [-0.3, -0.25) is 17.9 Å². The predicted octanol–water partition coefficient (Wildman–Crippen LogP) is 14.0. The zero-order valence-corrected chi connectivity index (χ0v) is 35.2. The molecule has 15 rings (SSSR count). The molecule has 8 nitrogen and oxygen atoms in total. The van der Waals surface area contributed by atoms with Crippen molar-refractivity contribution in [2.75, 3.05) is 0 Å². The van der Waals surface area contributed by atoms with Crippen LogP contribution in [0.2, 0.25) is 0 Å². The highest BCUT2D eigenvalue weighted by molar-refractivity contribution is 6.22. The van der Waals surface area contributed by atoms with Gasteiger partial charge >= 0.3 is 0 Å². The van der Waals surface area contributed by atoms with E-state index in [-0.39, 0.29) is 0 Å². The molecule has 0 atom stereocenters. The van der Waals surface area contributed by atoms with Gasteiger partial charge < -0.3 is 0 Å². The number of hydrogen-bond donors (Lipinski definition) is 0. The SMILES string of the molecule is c1ccc2c(c1)nc1n2c2cccc3c4ccccc4c4ccc(-c5nc(-n6c7ccccc7c7ccccc76)nc(-n6c7ccccc7c7ccccc76)n5)cc4c4ccccc4n1c32. The second-order valence-corrected chi connectivity index (χ2v) is 17.1. The molecule has 306 valence electrons. The van der Waals surface area contributed by atoms with Crippen LogP contribution in [0.3, 0.4) is 0 Å². The highest BCUT2D eigenvalue weighted by Crippen LogP contribution is 2.39. The molecular formula is C58H34N8. The minimum Gasteiger partial charge on any atom is -0.278 e. The third-order valence-corrected chi connectivity index (χ3v) is 13.6. The van der Waals surface area contributed by atoms with E-state index >= 15 is 0 Å². The van der Waals surface area contributed by atoms with E-state index in [9.17, 15) is 0 Å². The molecule has 0 aliphatic carbocycles. The van der Waals surface area contributed by atoms with Gasteiger partial charge in [-0.25, -0.2) is 4.98 Å². The fraction of sp³-hybridized carbons (Fsp3) is 0. The molecule has 0 amide bonds. The van der Waals surface area contributed by atoms with E-state index in [1.165, 1.54) is 0 Å². The van der Waals surface area contributed by atoms with E-state index in [4.69, 9.17) is 19.9 Å². The van der Waals surface area contributed by atoms with Crippen molar-refractivity contribution in [1.29, 1.82) is 0 Å². The number of imidazole rings is 2. The van der Waals surface area contributed by atoms with Crippen LogP contribution < -0.4 is 0 Å². The molecule has 66 heavy (non-hydrogen) atoms. The Labute approximate surface area is 375 Å². The van der Waals surface area contributed by atoms with Crippen molar-refractivity contribution in [2.45, 2.75) is 0 Å². The minimum absolute atomic E-state index is 0.544. The second kappa shape index (κ2) is 13.2. The first-order chi connectivity index (χ1) is 32.8. The van der Waals surface area contributed by atoms with Crippen LogP contribution in [0.4, 0.5) is 0 Å². The lowest BCUT2D eigenvalue weighted by molar-refractivity contribution is 0.893. The number of fused-ring (bicyclic) bond motifs is 18. The van der Waals surface area contributed by atoms with Crippen molar-refractivity contribution >= 4 is 109 Å². The summed E-state index contributed by atoms with van der Waals surface area (Å²) in [5, 5.41) is 11.3. The molecule has 15 aromatic rings. The molecule has 0 saturated carbocycles. The first-order valence-electron chi connectivity index (χ1n) is 22.2. The van der Waals surface area contributed by atoms with Crippen molar-refractivity contribution in [3.63, 3.8) is 0 Å². The van der Waals surface area contributed by atoms with Crippen LogP contribution >= 0.6 is 0 Å². The van der Waals surface area contributed by atoms with Crippen molar-refractivity contribution in [3.8, 4) is 23.3 Å². The molecule has 0 saturated heterocycles. The lowest BCUT2D eigenvalue weighted by Gasteiger charge is -2.13. The number of aromatic nitrogens is 8. The standard InChI is InChI=1S/C58H34N8/c1-2-17-37-36(16-1)38-33-32-35(34-45(38)43-22-7-13-29-51(43)66-54-44(37)23-15-31-53(54)65-52-30-14-8-24-46(52)59-58(65)66)55-60-56(63-47-25-9-3-18-39(47)40-19-4-10-26-48(40)63)62-57(61-55)64-49-27-11-5-20-41(49)42-21-6-12-28-50(42)64/h1-34H. The third-order valence-electron chi connectivity index (χ3n) is 13.6. The Hall–Kier alpha value is -9.14. The molecule has 6 heterocycles. The molecule has 0 spiro atoms. The Morgan fingerprint density at radius 2 is 0.697 bits per heavy atom. The van der Waals surface area contributed by atoms with Gasteiger partial charge in [0, 0.05) is 37.9 Å². The molecule has 0 bridgehead atoms. The number of para-hydroxylation sites is 8. The van der Waals surface area contributed by atoms with Crippen LogP contribution in [0.15, 0.2) is 206 Å². The van der Waals surface area contributed by atoms with E-state index in [1.807, 2.05) is 0 Å². The molecule has 0 fully saturated rings. The maximum atomic E-state index is 5.46. The van der Waals surface area contributed by atoms with Gasteiger partial charge in [-0.1, -0.05) is 152 Å². The number of nitrogens with zero attached hydrogens (tertiary/aromatic N) is 8.